The van der Waals surface area contributed by atoms with Gasteiger partial charge in [0.1, 0.15) is 18.1 Å². The maximum absolute atomic E-state index is 13.8. The molecule has 0 aromatic heterocycles. The van der Waals surface area contributed by atoms with Crippen molar-refractivity contribution < 1.29 is 47.4 Å². The predicted molar refractivity (Wildman–Crippen MR) is 164 cm³/mol. The number of carboxylic acids is 1. The van der Waals surface area contributed by atoms with E-state index >= 15 is 0 Å². The molecule has 15 nitrogen and oxygen atoms in total. The predicted octanol–water partition coefficient (Wildman–Crippen LogP) is -0.691. The average Bonchev–Trinajstić information content (AvgIpc) is 3.74. The molecular weight excluding hydrogens is 656 g/mol. The summed E-state index contributed by atoms with van der Waals surface area (Å²) in [6.45, 7) is -0.513. The van der Waals surface area contributed by atoms with Gasteiger partial charge in [-0.15, -0.1) is 0 Å². The van der Waals surface area contributed by atoms with E-state index < -0.39 is 84.3 Å². The number of nitriles is 1. The number of carbonyl (C=O) groups excluding carboxylic acids is 6. The summed E-state index contributed by atoms with van der Waals surface area (Å²) < 4.78 is 27.7. The highest BCUT2D eigenvalue weighted by molar-refractivity contribution is 7.80. The van der Waals surface area contributed by atoms with E-state index in [0.29, 0.717) is 11.1 Å². The van der Waals surface area contributed by atoms with Crippen LogP contribution in [0.1, 0.15) is 53.6 Å². The molecule has 2 saturated heterocycles. The van der Waals surface area contributed by atoms with E-state index in [1.165, 1.54) is 4.90 Å². The van der Waals surface area contributed by atoms with Crippen molar-refractivity contribution in [2.45, 2.75) is 69.2 Å². The van der Waals surface area contributed by atoms with Crippen molar-refractivity contribution in [1.82, 2.24) is 31.1 Å². The van der Waals surface area contributed by atoms with E-state index in [1.807, 2.05) is 0 Å². The van der Waals surface area contributed by atoms with Crippen molar-refractivity contribution in [2.24, 2.45) is 5.92 Å². The summed E-state index contributed by atoms with van der Waals surface area (Å²) in [6, 6.07) is 3.13. The molecule has 3 heterocycles. The second-order valence-electron chi connectivity index (χ2n) is 11.8. The summed E-state index contributed by atoms with van der Waals surface area (Å²) in [5.41, 5.74) is 1.66. The monoisotopic (exact) mass is 691 g/mol. The van der Waals surface area contributed by atoms with Gasteiger partial charge in [-0.25, -0.2) is 13.6 Å². The van der Waals surface area contributed by atoms with Crippen LogP contribution in [0.5, 0.6) is 0 Å². The van der Waals surface area contributed by atoms with Gasteiger partial charge in [0, 0.05) is 69.1 Å². The zero-order valence-corrected chi connectivity index (χ0v) is 26.6. The molecule has 258 valence electrons. The lowest BCUT2D eigenvalue weighted by atomic mass is 9.99. The molecule has 0 spiro atoms. The first kappa shape index (κ1) is 36.1. The van der Waals surface area contributed by atoms with Gasteiger partial charge in [0.15, 0.2) is 0 Å². The summed E-state index contributed by atoms with van der Waals surface area (Å²) in [5.74, 6) is -8.68. The van der Waals surface area contributed by atoms with E-state index in [9.17, 15) is 47.6 Å². The van der Waals surface area contributed by atoms with Gasteiger partial charge in [0.05, 0.1) is 12.6 Å². The van der Waals surface area contributed by atoms with E-state index in [4.69, 9.17) is 5.11 Å². The molecule has 4 rings (SSSR count). The van der Waals surface area contributed by atoms with Crippen LogP contribution in [-0.2, 0) is 41.9 Å². The molecule has 0 radical (unpaired) electrons. The molecule has 0 aliphatic carbocycles. The summed E-state index contributed by atoms with van der Waals surface area (Å²) in [5, 5.41) is 28.1. The Labute approximate surface area is 279 Å². The summed E-state index contributed by atoms with van der Waals surface area (Å²) >= 11 is 3.85. The number of nitrogens with zero attached hydrogens (tertiary/aromatic N) is 3. The number of halogens is 2. The minimum atomic E-state index is -3.20. The zero-order valence-electron chi connectivity index (χ0n) is 25.7. The summed E-state index contributed by atoms with van der Waals surface area (Å²) in [7, 11) is 0. The van der Waals surface area contributed by atoms with Crippen molar-refractivity contribution in [2.75, 3.05) is 25.4 Å². The Bertz CT molecular complexity index is 1540. The lowest BCUT2D eigenvalue weighted by molar-refractivity contribution is -0.141. The number of rotatable bonds is 13. The number of aliphatic carboxylic acids is 1. The fourth-order valence-corrected chi connectivity index (χ4v) is 6.08. The van der Waals surface area contributed by atoms with Crippen LogP contribution in [-0.4, -0.2) is 106 Å². The van der Waals surface area contributed by atoms with E-state index in [1.54, 1.807) is 24.3 Å². The maximum atomic E-state index is 13.8. The molecule has 5 N–H and O–H groups in total. The largest absolute Gasteiger partial charge is 0.480 e. The third kappa shape index (κ3) is 8.76. The van der Waals surface area contributed by atoms with Gasteiger partial charge in [0.2, 0.25) is 29.5 Å². The molecule has 18 heteroatoms. The number of carboxylic acid groups (broad SMARTS) is 1. The minimum Gasteiger partial charge on any atom is -0.480 e. The molecule has 6 amide bonds. The van der Waals surface area contributed by atoms with Crippen LogP contribution in [0.15, 0.2) is 18.2 Å². The molecule has 0 bridgehead atoms. The number of hydrogen-bond donors (Lipinski definition) is 6. The van der Waals surface area contributed by atoms with Gasteiger partial charge in [-0.1, -0.05) is 12.1 Å². The minimum absolute atomic E-state index is 0.0600. The lowest BCUT2D eigenvalue weighted by Gasteiger charge is -2.22. The number of carbonyl (C=O) groups is 7. The number of likely N-dealkylation sites (tertiary alicyclic amines) is 1. The van der Waals surface area contributed by atoms with Crippen molar-refractivity contribution in [3.05, 3.63) is 34.9 Å². The molecule has 3 aliphatic rings. The van der Waals surface area contributed by atoms with Gasteiger partial charge >= 0.3 is 5.97 Å². The van der Waals surface area contributed by atoms with Gasteiger partial charge in [0.25, 0.3) is 11.8 Å². The van der Waals surface area contributed by atoms with E-state index in [-0.39, 0.29) is 57.6 Å². The highest BCUT2D eigenvalue weighted by atomic mass is 32.1. The SMILES string of the molecule is N#CC1CC(F)(F)CN1C(=O)[C@@H]1C[C@@H](CC(=O)N2Cc3cccc(C(=O)NCCNC(=O)CCC(=O)NC(CS)C(=O)O)c3C2)C(=O)N1. The molecule has 2 unspecified atom stereocenters. The van der Waals surface area contributed by atoms with E-state index in [2.05, 4.69) is 33.9 Å². The van der Waals surface area contributed by atoms with Crippen LogP contribution in [0.25, 0.3) is 0 Å². The number of hydrogen-bond acceptors (Lipinski definition) is 9. The van der Waals surface area contributed by atoms with Gasteiger partial charge in [-0.05, 0) is 23.6 Å². The summed E-state index contributed by atoms with van der Waals surface area (Å²) in [6.07, 6.45) is -1.51. The van der Waals surface area contributed by atoms with E-state index in [0.717, 1.165) is 10.5 Å². The third-order valence-corrected chi connectivity index (χ3v) is 8.70. The standard InChI is InChI=1S/C30H35F2N7O8S/c31-30(32)10-18(11-33)39(15-30)28(45)21-8-17(26(43)37-21)9-25(42)38-12-16-2-1-3-19(20(16)13-38)27(44)35-7-6-34-23(40)4-5-24(41)36-22(14-48)29(46)47/h1-3,17-18,21-22,48H,4-10,12-15H2,(H,34,40)(H,35,44)(H,36,41)(H,37,43)(H,46,47)/t17-,18?,21-,22?/m0/s1. The van der Waals surface area contributed by atoms with Gasteiger partial charge < -0.3 is 36.2 Å². The Balaban J connectivity index is 1.22. The number of nitrogens with one attached hydrogen (secondary N) is 4. The van der Waals surface area contributed by atoms with Crippen LogP contribution >= 0.6 is 12.6 Å². The highest BCUT2D eigenvalue weighted by Crippen LogP contribution is 2.34. The number of alkyl halides is 2. The maximum Gasteiger partial charge on any atom is 0.327 e. The molecule has 3 aliphatic heterocycles. The second kappa shape index (κ2) is 15.4. The molecule has 1 aromatic carbocycles. The van der Waals surface area contributed by atoms with Crippen molar-refractivity contribution in [3.8, 4) is 6.07 Å². The molecule has 4 atom stereocenters. The molecule has 0 saturated carbocycles. The van der Waals surface area contributed by atoms with Crippen LogP contribution in [0.2, 0.25) is 0 Å². The smallest absolute Gasteiger partial charge is 0.327 e. The molecule has 48 heavy (non-hydrogen) atoms. The fraction of sp³-hybridized carbons (Fsp3) is 0.533. The normalized spacial score (nSPS) is 21.5. The number of amides is 6. The Hall–Kier alpha value is -4.79. The number of fused-ring (bicyclic) bond motifs is 1. The quantitative estimate of drug-likeness (QED) is 0.114. The molecule has 1 aromatic rings. The van der Waals surface area contributed by atoms with Crippen molar-refractivity contribution in [1.29, 1.82) is 5.26 Å². The topological polar surface area (TPSA) is 218 Å². The lowest BCUT2D eigenvalue weighted by Crippen LogP contribution is -2.46. The molecule has 2 fully saturated rings. The van der Waals surface area contributed by atoms with Crippen LogP contribution in [0.3, 0.4) is 0 Å². The number of benzene rings is 1. The van der Waals surface area contributed by atoms with Crippen LogP contribution in [0, 0.1) is 17.2 Å². The average molecular weight is 692 g/mol. The van der Waals surface area contributed by atoms with Gasteiger partial charge in [-0.2, -0.15) is 17.9 Å². The third-order valence-electron chi connectivity index (χ3n) is 8.34. The second-order valence-corrected chi connectivity index (χ2v) is 12.2. The Morgan fingerprint density at radius 3 is 2.50 bits per heavy atom. The van der Waals surface area contributed by atoms with Gasteiger partial charge in [-0.3, -0.25) is 28.8 Å². The first-order chi connectivity index (χ1) is 22.7. The Kier molecular flexibility index (Phi) is 11.6. The Morgan fingerprint density at radius 1 is 1.10 bits per heavy atom. The van der Waals surface area contributed by atoms with Crippen molar-refractivity contribution >= 4 is 54.0 Å². The number of thiol groups is 1. The summed E-state index contributed by atoms with van der Waals surface area (Å²) in [4.78, 5) is 88.7. The fourth-order valence-electron chi connectivity index (χ4n) is 5.83. The van der Waals surface area contributed by atoms with Crippen LogP contribution in [0.4, 0.5) is 8.78 Å². The Morgan fingerprint density at radius 2 is 1.81 bits per heavy atom. The van der Waals surface area contributed by atoms with Crippen LogP contribution < -0.4 is 21.3 Å². The first-order valence-electron chi connectivity index (χ1n) is 15.2. The first-order valence-corrected chi connectivity index (χ1v) is 15.8. The van der Waals surface area contributed by atoms with Crippen molar-refractivity contribution in [3.63, 3.8) is 0 Å². The zero-order chi connectivity index (χ0) is 35.2. The molecular formula is C30H35F2N7O8S. The highest BCUT2D eigenvalue weighted by Gasteiger charge is 2.50.